The molecule has 1 N–H and O–H groups in total. The number of halogens is 1. The molecule has 1 aromatic heterocycles. The molecule has 1 aromatic carbocycles. The molecule has 1 aliphatic rings. The topological polar surface area (TPSA) is 57.8 Å². The van der Waals surface area contributed by atoms with Crippen molar-refractivity contribution >= 4 is 11.0 Å². The summed E-state index contributed by atoms with van der Waals surface area (Å²) in [4.78, 5) is 0.433. The predicted octanol–water partition coefficient (Wildman–Crippen LogP) is 2.87. The average Bonchev–Trinajstić information content (AvgIpc) is 2.83. The van der Waals surface area contributed by atoms with Gasteiger partial charge in [-0.25, -0.2) is 13.3 Å². The predicted molar refractivity (Wildman–Crippen MR) is 82.7 cm³/mol. The van der Waals surface area contributed by atoms with Crippen LogP contribution in [-0.2, 0) is 18.0 Å². The molecule has 1 heterocycles. The van der Waals surface area contributed by atoms with Crippen molar-refractivity contribution in [2.24, 2.45) is 7.05 Å². The van der Waals surface area contributed by atoms with E-state index in [0.717, 1.165) is 19.3 Å². The van der Waals surface area contributed by atoms with Gasteiger partial charge < -0.3 is 4.57 Å². The van der Waals surface area contributed by atoms with Crippen LogP contribution in [0.25, 0.3) is 11.3 Å². The van der Waals surface area contributed by atoms with Crippen LogP contribution in [0, 0.1) is 17.1 Å². The number of aromatic nitrogens is 1. The third-order valence-electron chi connectivity index (χ3n) is 4.05. The molecule has 1 unspecified atom stereocenters. The maximum absolute atomic E-state index is 14.4. The van der Waals surface area contributed by atoms with Crippen molar-refractivity contribution in [3.05, 3.63) is 41.8 Å². The van der Waals surface area contributed by atoms with Crippen molar-refractivity contribution in [3.63, 3.8) is 0 Å². The summed E-state index contributed by atoms with van der Waals surface area (Å²) in [7, 11) is 0.332. The Bertz CT molecular complexity index is 774. The fourth-order valence-corrected chi connectivity index (χ4v) is 3.54. The molecular formula is C16H16FN3OS. The summed E-state index contributed by atoms with van der Waals surface area (Å²) in [6, 6.07) is 10.3. The molecule has 1 saturated carbocycles. The third kappa shape index (κ3) is 2.70. The molecule has 0 bridgehead atoms. The minimum Gasteiger partial charge on any atom is -0.335 e. The highest BCUT2D eigenvalue weighted by molar-refractivity contribution is 7.83. The van der Waals surface area contributed by atoms with E-state index in [1.165, 1.54) is 6.07 Å². The van der Waals surface area contributed by atoms with Gasteiger partial charge in [0.25, 0.3) is 0 Å². The van der Waals surface area contributed by atoms with E-state index < -0.39 is 16.8 Å². The monoisotopic (exact) mass is 317 g/mol. The number of nitrogens with zero attached hydrogens (tertiary/aromatic N) is 2. The minimum atomic E-state index is -1.39. The summed E-state index contributed by atoms with van der Waals surface area (Å²) < 4.78 is 31.2. The first kappa shape index (κ1) is 14.9. The molecule has 0 saturated heterocycles. The summed E-state index contributed by atoms with van der Waals surface area (Å²) in [5.41, 5.74) is 1.49. The van der Waals surface area contributed by atoms with E-state index in [2.05, 4.69) is 10.8 Å². The number of nitrogens with one attached hydrogen (secondary N) is 1. The maximum atomic E-state index is 14.4. The molecule has 1 fully saturated rings. The zero-order valence-corrected chi connectivity index (χ0v) is 13.0. The molecule has 0 amide bonds. The zero-order valence-electron chi connectivity index (χ0n) is 12.2. The first-order valence-corrected chi connectivity index (χ1v) is 8.29. The smallest absolute Gasteiger partial charge is 0.133 e. The second-order valence-electron chi connectivity index (χ2n) is 5.43. The molecule has 6 heteroatoms. The Morgan fingerprint density at radius 2 is 2.14 bits per heavy atom. The van der Waals surface area contributed by atoms with Crippen LogP contribution in [0.2, 0.25) is 0 Å². The van der Waals surface area contributed by atoms with Gasteiger partial charge in [-0.15, -0.1) is 0 Å². The molecule has 3 rings (SSSR count). The lowest BCUT2D eigenvalue weighted by atomic mass is 9.94. The van der Waals surface area contributed by atoms with E-state index in [0.29, 0.717) is 21.8 Å². The quantitative estimate of drug-likeness (QED) is 0.942. The summed E-state index contributed by atoms with van der Waals surface area (Å²) in [5.74, 6) is -0.438. The minimum absolute atomic E-state index is 0.273. The second-order valence-corrected chi connectivity index (χ2v) is 6.68. The third-order valence-corrected chi connectivity index (χ3v) is 5.28. The molecule has 2 aromatic rings. The molecule has 1 aliphatic carbocycles. The highest BCUT2D eigenvalue weighted by atomic mass is 32.2. The van der Waals surface area contributed by atoms with Crippen LogP contribution >= 0.6 is 0 Å². The SMILES string of the molecule is Cn1c(C#N)ccc1-c1ccc(S(=O)NC2CCC2)cc1F. The fourth-order valence-electron chi connectivity index (χ4n) is 2.46. The van der Waals surface area contributed by atoms with Crippen molar-refractivity contribution < 1.29 is 8.60 Å². The Balaban J connectivity index is 1.87. The summed E-state index contributed by atoms with van der Waals surface area (Å²) in [5, 5.41) is 8.96. The van der Waals surface area contributed by atoms with Gasteiger partial charge in [0, 0.05) is 18.7 Å². The van der Waals surface area contributed by atoms with Crippen LogP contribution in [0.5, 0.6) is 0 Å². The van der Waals surface area contributed by atoms with Gasteiger partial charge in [0.2, 0.25) is 0 Å². The fraction of sp³-hybridized carbons (Fsp3) is 0.312. The molecule has 0 radical (unpaired) electrons. The van der Waals surface area contributed by atoms with Gasteiger partial charge in [-0.1, -0.05) is 6.42 Å². The van der Waals surface area contributed by atoms with Crippen LogP contribution in [0.15, 0.2) is 35.2 Å². The highest BCUT2D eigenvalue weighted by Crippen LogP contribution is 2.26. The van der Waals surface area contributed by atoms with Crippen molar-refractivity contribution in [2.45, 2.75) is 30.2 Å². The van der Waals surface area contributed by atoms with Gasteiger partial charge >= 0.3 is 0 Å². The lowest BCUT2D eigenvalue weighted by molar-refractivity contribution is 0.390. The van der Waals surface area contributed by atoms with E-state index in [-0.39, 0.29) is 6.04 Å². The van der Waals surface area contributed by atoms with E-state index in [1.807, 2.05) is 0 Å². The van der Waals surface area contributed by atoms with Crippen LogP contribution in [-0.4, -0.2) is 14.8 Å². The van der Waals surface area contributed by atoms with Crippen molar-refractivity contribution in [1.82, 2.24) is 9.29 Å². The Labute approximate surface area is 131 Å². The Morgan fingerprint density at radius 1 is 1.36 bits per heavy atom. The van der Waals surface area contributed by atoms with Gasteiger partial charge in [-0.2, -0.15) is 5.26 Å². The van der Waals surface area contributed by atoms with Crippen molar-refractivity contribution in [3.8, 4) is 17.3 Å². The molecule has 1 atom stereocenters. The molecule has 0 aliphatic heterocycles. The molecule has 114 valence electrons. The van der Waals surface area contributed by atoms with Crippen molar-refractivity contribution in [1.29, 1.82) is 5.26 Å². The van der Waals surface area contributed by atoms with E-state index in [4.69, 9.17) is 5.26 Å². The standard InChI is InChI=1S/C16H16FN3OS/c1-20-12(10-18)5-8-16(20)14-7-6-13(9-15(14)17)22(21)19-11-3-2-4-11/h5-9,11,19H,2-4H2,1H3. The first-order chi connectivity index (χ1) is 10.6. The Hall–Kier alpha value is -1.97. The molecule has 0 spiro atoms. The number of hydrogen-bond donors (Lipinski definition) is 1. The first-order valence-electron chi connectivity index (χ1n) is 7.14. The maximum Gasteiger partial charge on any atom is 0.133 e. The van der Waals surface area contributed by atoms with Crippen LogP contribution in [0.1, 0.15) is 25.0 Å². The Morgan fingerprint density at radius 3 is 2.68 bits per heavy atom. The van der Waals surface area contributed by atoms with Crippen LogP contribution in [0.3, 0.4) is 0 Å². The van der Waals surface area contributed by atoms with Gasteiger partial charge in [0.15, 0.2) is 0 Å². The largest absolute Gasteiger partial charge is 0.335 e. The Kier molecular flexibility index (Phi) is 4.10. The van der Waals surface area contributed by atoms with Gasteiger partial charge in [0.05, 0.1) is 10.6 Å². The summed E-state index contributed by atoms with van der Waals surface area (Å²) >= 11 is 0. The average molecular weight is 317 g/mol. The number of nitriles is 1. The summed E-state index contributed by atoms with van der Waals surface area (Å²) in [6.45, 7) is 0. The number of benzene rings is 1. The zero-order chi connectivity index (χ0) is 15.7. The second kappa shape index (κ2) is 6.03. The van der Waals surface area contributed by atoms with Gasteiger partial charge in [-0.05, 0) is 43.2 Å². The lowest BCUT2D eigenvalue weighted by Crippen LogP contribution is -2.36. The number of hydrogen-bond acceptors (Lipinski definition) is 2. The van der Waals surface area contributed by atoms with E-state index >= 15 is 0 Å². The van der Waals surface area contributed by atoms with Crippen LogP contribution < -0.4 is 4.72 Å². The number of rotatable bonds is 4. The van der Waals surface area contributed by atoms with Crippen LogP contribution in [0.4, 0.5) is 4.39 Å². The summed E-state index contributed by atoms with van der Waals surface area (Å²) in [6.07, 6.45) is 3.19. The van der Waals surface area contributed by atoms with Gasteiger partial charge in [0.1, 0.15) is 28.6 Å². The highest BCUT2D eigenvalue weighted by Gasteiger charge is 2.20. The molecule has 4 nitrogen and oxygen atoms in total. The lowest BCUT2D eigenvalue weighted by Gasteiger charge is -2.25. The molecular weight excluding hydrogens is 301 g/mol. The van der Waals surface area contributed by atoms with Crippen molar-refractivity contribution in [2.75, 3.05) is 0 Å². The normalized spacial score (nSPS) is 16.0. The van der Waals surface area contributed by atoms with E-state index in [9.17, 15) is 8.60 Å². The van der Waals surface area contributed by atoms with Gasteiger partial charge in [-0.3, -0.25) is 0 Å². The molecule has 22 heavy (non-hydrogen) atoms. The van der Waals surface area contributed by atoms with E-state index in [1.54, 1.807) is 35.9 Å².